The van der Waals surface area contributed by atoms with Crippen molar-refractivity contribution in [1.29, 1.82) is 5.26 Å². The molecule has 8 nitrogen and oxygen atoms in total. The molecule has 2 fully saturated rings. The van der Waals surface area contributed by atoms with E-state index in [-0.39, 0.29) is 23.5 Å². The number of ether oxygens (including phenoxy) is 2. The van der Waals surface area contributed by atoms with Crippen LogP contribution in [0.3, 0.4) is 0 Å². The van der Waals surface area contributed by atoms with Crippen molar-refractivity contribution in [2.24, 2.45) is 0 Å². The number of halogens is 1. The molecule has 0 radical (unpaired) electrons. The fourth-order valence-electron chi connectivity index (χ4n) is 4.34. The highest BCUT2D eigenvalue weighted by atomic mass is 19.1. The molecular weight excluding hydrogens is 415 g/mol. The number of hydrogen-bond donors (Lipinski definition) is 1. The van der Waals surface area contributed by atoms with Crippen molar-refractivity contribution in [1.82, 2.24) is 14.7 Å². The van der Waals surface area contributed by atoms with E-state index < -0.39 is 17.4 Å². The minimum atomic E-state index is -0.889. The SMILES string of the molecule is CC(C)(C)N(CCN1CC2CN(CCCOc3ccc(C#N)cc3F)CC(C1)O2)C(=O)O. The molecule has 3 rings (SSSR count). The minimum Gasteiger partial charge on any atom is -0.490 e. The topological polar surface area (TPSA) is 89.3 Å². The Kier molecular flexibility index (Phi) is 7.93. The van der Waals surface area contributed by atoms with Gasteiger partial charge in [0.05, 0.1) is 30.4 Å². The molecule has 2 heterocycles. The Labute approximate surface area is 189 Å². The summed E-state index contributed by atoms with van der Waals surface area (Å²) in [4.78, 5) is 17.7. The van der Waals surface area contributed by atoms with Crippen molar-refractivity contribution in [3.63, 3.8) is 0 Å². The van der Waals surface area contributed by atoms with E-state index in [1.54, 1.807) is 6.07 Å². The molecule has 2 atom stereocenters. The standard InChI is InChI=1S/C23H33FN4O4/c1-23(2,3)28(22(29)30)9-8-27-15-18-13-26(14-19(16-27)32-18)7-4-10-31-21-6-5-17(12-25)11-20(21)24/h5-6,11,18-19H,4,7-10,13-16H2,1-3H3,(H,29,30). The minimum absolute atomic E-state index is 0.104. The highest BCUT2D eigenvalue weighted by molar-refractivity contribution is 5.65. The molecule has 0 aromatic heterocycles. The molecule has 2 saturated heterocycles. The number of nitrogens with zero attached hydrogens (tertiary/aromatic N) is 4. The summed E-state index contributed by atoms with van der Waals surface area (Å²) in [6.07, 6.45) is 0.0849. The Balaban J connectivity index is 1.40. The van der Waals surface area contributed by atoms with Gasteiger partial charge in [-0.05, 0) is 45.4 Å². The molecule has 1 aromatic rings. The van der Waals surface area contributed by atoms with Crippen LogP contribution < -0.4 is 4.74 Å². The zero-order valence-electron chi connectivity index (χ0n) is 19.1. The summed E-state index contributed by atoms with van der Waals surface area (Å²) in [6.45, 7) is 11.4. The van der Waals surface area contributed by atoms with Crippen LogP contribution in [-0.4, -0.2) is 96.1 Å². The van der Waals surface area contributed by atoms with Gasteiger partial charge < -0.3 is 19.5 Å². The van der Waals surface area contributed by atoms with E-state index >= 15 is 0 Å². The monoisotopic (exact) mass is 448 g/mol. The van der Waals surface area contributed by atoms with Crippen molar-refractivity contribution in [3.8, 4) is 11.8 Å². The second kappa shape index (κ2) is 10.5. The fourth-order valence-corrected chi connectivity index (χ4v) is 4.34. The number of nitriles is 1. The largest absolute Gasteiger partial charge is 0.490 e. The van der Waals surface area contributed by atoms with Crippen LogP contribution in [-0.2, 0) is 4.74 Å². The fraction of sp³-hybridized carbons (Fsp3) is 0.652. The first-order chi connectivity index (χ1) is 15.2. The van der Waals surface area contributed by atoms with Gasteiger partial charge in [-0.3, -0.25) is 9.80 Å². The number of rotatable bonds is 8. The molecular formula is C23H33FN4O4. The van der Waals surface area contributed by atoms with Crippen molar-refractivity contribution in [3.05, 3.63) is 29.6 Å². The van der Waals surface area contributed by atoms with Crippen molar-refractivity contribution < 1.29 is 23.8 Å². The van der Waals surface area contributed by atoms with Crippen molar-refractivity contribution in [2.75, 3.05) is 52.4 Å². The first kappa shape index (κ1) is 24.2. The molecule has 32 heavy (non-hydrogen) atoms. The lowest BCUT2D eigenvalue weighted by atomic mass is 10.1. The lowest BCUT2D eigenvalue weighted by molar-refractivity contribution is -0.139. The molecule has 176 valence electrons. The number of carboxylic acid groups (broad SMARTS) is 1. The molecule has 2 aliphatic rings. The van der Waals surface area contributed by atoms with Gasteiger partial charge in [-0.15, -0.1) is 0 Å². The third kappa shape index (κ3) is 6.55. The van der Waals surface area contributed by atoms with Gasteiger partial charge in [0.25, 0.3) is 0 Å². The van der Waals surface area contributed by atoms with E-state index in [4.69, 9.17) is 14.7 Å². The maximum absolute atomic E-state index is 13.9. The third-order valence-electron chi connectivity index (χ3n) is 5.85. The normalized spacial score (nSPS) is 21.7. The molecule has 2 aliphatic heterocycles. The summed E-state index contributed by atoms with van der Waals surface area (Å²) in [5.41, 5.74) is -0.147. The number of benzene rings is 1. The molecule has 2 bridgehead atoms. The summed E-state index contributed by atoms with van der Waals surface area (Å²) in [6, 6.07) is 6.13. The van der Waals surface area contributed by atoms with Crippen LogP contribution in [0.5, 0.6) is 5.75 Å². The van der Waals surface area contributed by atoms with Crippen molar-refractivity contribution in [2.45, 2.75) is 44.9 Å². The predicted molar refractivity (Wildman–Crippen MR) is 117 cm³/mol. The summed E-state index contributed by atoms with van der Waals surface area (Å²) in [7, 11) is 0. The van der Waals surface area contributed by atoms with Crippen LogP contribution >= 0.6 is 0 Å². The van der Waals surface area contributed by atoms with Crippen molar-refractivity contribution >= 4 is 6.09 Å². The maximum atomic E-state index is 13.9. The second-order valence-corrected chi connectivity index (χ2v) is 9.46. The molecule has 0 aliphatic carbocycles. The van der Waals surface area contributed by atoms with E-state index in [1.165, 1.54) is 17.0 Å². The quantitative estimate of drug-likeness (QED) is 0.612. The van der Waals surface area contributed by atoms with Gasteiger partial charge in [0.2, 0.25) is 0 Å². The van der Waals surface area contributed by atoms with E-state index in [9.17, 15) is 14.3 Å². The first-order valence-corrected chi connectivity index (χ1v) is 11.1. The summed E-state index contributed by atoms with van der Waals surface area (Å²) >= 11 is 0. The number of carbonyl (C=O) groups is 1. The van der Waals surface area contributed by atoms with Crippen LogP contribution in [0.2, 0.25) is 0 Å². The lowest BCUT2D eigenvalue weighted by Crippen LogP contribution is -2.60. The van der Waals surface area contributed by atoms with Crippen LogP contribution in [0.1, 0.15) is 32.8 Å². The van der Waals surface area contributed by atoms with Gasteiger partial charge in [-0.25, -0.2) is 9.18 Å². The Bertz CT molecular complexity index is 824. The summed E-state index contributed by atoms with van der Waals surface area (Å²) in [5.74, 6) is -0.345. The Hall–Kier alpha value is -2.41. The number of morpholine rings is 2. The highest BCUT2D eigenvalue weighted by Gasteiger charge is 2.35. The van der Waals surface area contributed by atoms with Gasteiger partial charge in [0.15, 0.2) is 11.6 Å². The van der Waals surface area contributed by atoms with Gasteiger partial charge in [0.1, 0.15) is 0 Å². The van der Waals surface area contributed by atoms with Gasteiger partial charge in [-0.1, -0.05) is 0 Å². The zero-order valence-corrected chi connectivity index (χ0v) is 19.1. The van der Waals surface area contributed by atoms with Gasteiger partial charge >= 0.3 is 6.09 Å². The molecule has 0 spiro atoms. The number of amides is 1. The highest BCUT2D eigenvalue weighted by Crippen LogP contribution is 2.21. The summed E-state index contributed by atoms with van der Waals surface area (Å²) in [5, 5.41) is 18.3. The molecule has 9 heteroatoms. The van der Waals surface area contributed by atoms with E-state index in [0.29, 0.717) is 19.7 Å². The second-order valence-electron chi connectivity index (χ2n) is 9.46. The Morgan fingerprint density at radius 2 is 1.88 bits per heavy atom. The van der Waals surface area contributed by atoms with Crippen LogP contribution in [0.15, 0.2) is 18.2 Å². The first-order valence-electron chi connectivity index (χ1n) is 11.1. The average molecular weight is 449 g/mol. The maximum Gasteiger partial charge on any atom is 0.407 e. The Morgan fingerprint density at radius 1 is 1.25 bits per heavy atom. The summed E-state index contributed by atoms with van der Waals surface area (Å²) < 4.78 is 25.5. The average Bonchev–Trinajstić information content (AvgIpc) is 2.70. The van der Waals surface area contributed by atoms with Gasteiger partial charge in [-0.2, -0.15) is 5.26 Å². The Morgan fingerprint density at radius 3 is 2.41 bits per heavy atom. The molecule has 1 aromatic carbocycles. The lowest BCUT2D eigenvalue weighted by Gasteiger charge is -2.46. The number of fused-ring (bicyclic) bond motifs is 2. The zero-order chi connectivity index (χ0) is 23.3. The molecule has 1 amide bonds. The van der Waals surface area contributed by atoms with E-state index in [2.05, 4.69) is 9.80 Å². The molecule has 0 saturated carbocycles. The van der Waals surface area contributed by atoms with Crippen LogP contribution in [0.25, 0.3) is 0 Å². The molecule has 2 unspecified atom stereocenters. The van der Waals surface area contributed by atoms with Crippen LogP contribution in [0.4, 0.5) is 9.18 Å². The predicted octanol–water partition coefficient (Wildman–Crippen LogP) is 2.63. The molecule has 1 N–H and O–H groups in total. The number of hydrogen-bond acceptors (Lipinski definition) is 6. The van der Waals surface area contributed by atoms with Crippen LogP contribution in [0, 0.1) is 17.1 Å². The smallest absolute Gasteiger partial charge is 0.407 e. The van der Waals surface area contributed by atoms with E-state index in [0.717, 1.165) is 39.1 Å². The van der Waals surface area contributed by atoms with Gasteiger partial charge in [0, 0.05) is 51.4 Å². The van der Waals surface area contributed by atoms with E-state index in [1.807, 2.05) is 26.8 Å². The third-order valence-corrected chi connectivity index (χ3v) is 5.85.